The van der Waals surface area contributed by atoms with Gasteiger partial charge in [-0.15, -0.1) is 0 Å². The van der Waals surface area contributed by atoms with Crippen molar-refractivity contribution in [3.05, 3.63) is 22.9 Å². The Balaban J connectivity index is 2.59. The lowest BCUT2D eigenvalue weighted by atomic mass is 10.2. The van der Waals surface area contributed by atoms with Gasteiger partial charge in [-0.2, -0.15) is 0 Å². The van der Waals surface area contributed by atoms with E-state index >= 15 is 0 Å². The first-order valence-corrected chi connectivity index (χ1v) is 4.66. The molecule has 0 spiro atoms. The van der Waals surface area contributed by atoms with Crippen LogP contribution in [-0.4, -0.2) is 14.3 Å². The van der Waals surface area contributed by atoms with Crippen LogP contribution >= 0.6 is 23.1 Å². The van der Waals surface area contributed by atoms with Crippen molar-refractivity contribution in [3.8, 4) is 11.3 Å². The quantitative estimate of drug-likeness (QED) is 0.784. The Hall–Kier alpha value is -1.20. The van der Waals surface area contributed by atoms with Crippen LogP contribution in [0.1, 0.15) is 0 Å². The van der Waals surface area contributed by atoms with Gasteiger partial charge >= 0.3 is 0 Å². The van der Waals surface area contributed by atoms with Gasteiger partial charge in [-0.3, -0.25) is 0 Å². The van der Waals surface area contributed by atoms with Crippen molar-refractivity contribution in [2.24, 2.45) is 0 Å². The second kappa shape index (κ2) is 3.27. The first kappa shape index (κ1) is 8.40. The minimum Gasteiger partial charge on any atom is -0.382 e. The van der Waals surface area contributed by atoms with Gasteiger partial charge in [0.25, 0.3) is 0 Å². The summed E-state index contributed by atoms with van der Waals surface area (Å²) in [6.07, 6.45) is 3.08. The smallest absolute Gasteiger partial charge is 0.146 e. The SMILES string of the molecule is Nc1ncnc(-c2cnsc2)c1Cl. The van der Waals surface area contributed by atoms with Crippen molar-refractivity contribution >= 4 is 29.0 Å². The third-order valence-electron chi connectivity index (χ3n) is 1.52. The summed E-state index contributed by atoms with van der Waals surface area (Å²) in [5.74, 6) is 0.290. The monoisotopic (exact) mass is 212 g/mol. The molecule has 0 aliphatic carbocycles. The minimum absolute atomic E-state index is 0.290. The summed E-state index contributed by atoms with van der Waals surface area (Å²) in [5.41, 5.74) is 7.02. The molecular weight excluding hydrogens is 208 g/mol. The minimum atomic E-state index is 0.290. The van der Waals surface area contributed by atoms with Crippen molar-refractivity contribution in [1.82, 2.24) is 14.3 Å². The van der Waals surface area contributed by atoms with E-state index in [0.717, 1.165) is 5.56 Å². The molecule has 0 aliphatic heterocycles. The predicted molar refractivity (Wildman–Crippen MR) is 52.6 cm³/mol. The zero-order chi connectivity index (χ0) is 9.26. The van der Waals surface area contributed by atoms with E-state index in [2.05, 4.69) is 14.3 Å². The van der Waals surface area contributed by atoms with E-state index < -0.39 is 0 Å². The zero-order valence-electron chi connectivity index (χ0n) is 6.44. The van der Waals surface area contributed by atoms with Gasteiger partial charge in [0.2, 0.25) is 0 Å². The molecular formula is C7H5ClN4S. The number of halogens is 1. The molecule has 0 aromatic carbocycles. The van der Waals surface area contributed by atoms with Crippen LogP contribution in [0.3, 0.4) is 0 Å². The van der Waals surface area contributed by atoms with E-state index in [9.17, 15) is 0 Å². The van der Waals surface area contributed by atoms with E-state index in [0.29, 0.717) is 10.7 Å². The summed E-state index contributed by atoms with van der Waals surface area (Å²) in [6.45, 7) is 0. The third-order valence-corrected chi connectivity index (χ3v) is 2.48. The molecule has 6 heteroatoms. The average Bonchev–Trinajstić information content (AvgIpc) is 2.62. The lowest BCUT2D eigenvalue weighted by molar-refractivity contribution is 1.18. The fourth-order valence-electron chi connectivity index (χ4n) is 0.907. The van der Waals surface area contributed by atoms with Crippen LogP contribution in [0.5, 0.6) is 0 Å². The van der Waals surface area contributed by atoms with Crippen molar-refractivity contribution < 1.29 is 0 Å². The lowest BCUT2D eigenvalue weighted by Crippen LogP contribution is -1.94. The molecule has 2 aromatic heterocycles. The molecule has 0 saturated carbocycles. The summed E-state index contributed by atoms with van der Waals surface area (Å²) in [6, 6.07) is 0. The number of hydrogen-bond acceptors (Lipinski definition) is 5. The summed E-state index contributed by atoms with van der Waals surface area (Å²) in [7, 11) is 0. The van der Waals surface area contributed by atoms with Crippen LogP contribution in [0.4, 0.5) is 5.82 Å². The first-order chi connectivity index (χ1) is 6.29. The number of anilines is 1. The van der Waals surface area contributed by atoms with Crippen molar-refractivity contribution in [1.29, 1.82) is 0 Å². The van der Waals surface area contributed by atoms with Crippen molar-refractivity contribution in [2.75, 3.05) is 5.73 Å². The summed E-state index contributed by atoms with van der Waals surface area (Å²) < 4.78 is 3.95. The molecule has 2 heterocycles. The Morgan fingerprint density at radius 1 is 1.38 bits per heavy atom. The van der Waals surface area contributed by atoms with E-state index in [4.69, 9.17) is 17.3 Å². The lowest BCUT2D eigenvalue weighted by Gasteiger charge is -2.00. The van der Waals surface area contributed by atoms with E-state index in [1.165, 1.54) is 17.9 Å². The second-order valence-electron chi connectivity index (χ2n) is 2.33. The van der Waals surface area contributed by atoms with Crippen molar-refractivity contribution in [2.45, 2.75) is 0 Å². The van der Waals surface area contributed by atoms with Gasteiger partial charge in [-0.05, 0) is 11.5 Å². The average molecular weight is 213 g/mol. The van der Waals surface area contributed by atoms with Gasteiger partial charge in [0, 0.05) is 10.9 Å². The highest BCUT2D eigenvalue weighted by Crippen LogP contribution is 2.28. The number of aromatic nitrogens is 3. The maximum absolute atomic E-state index is 5.91. The maximum Gasteiger partial charge on any atom is 0.146 e. The van der Waals surface area contributed by atoms with Gasteiger partial charge in [0.1, 0.15) is 17.2 Å². The predicted octanol–water partition coefficient (Wildman–Crippen LogP) is 1.84. The normalized spacial score (nSPS) is 10.2. The van der Waals surface area contributed by atoms with E-state index in [-0.39, 0.29) is 5.82 Å². The molecule has 0 bridgehead atoms. The van der Waals surface area contributed by atoms with Crippen LogP contribution < -0.4 is 5.73 Å². The topological polar surface area (TPSA) is 64.7 Å². The highest BCUT2D eigenvalue weighted by atomic mass is 35.5. The third kappa shape index (κ3) is 1.48. The van der Waals surface area contributed by atoms with Gasteiger partial charge in [-0.1, -0.05) is 11.6 Å². The van der Waals surface area contributed by atoms with Crippen molar-refractivity contribution in [3.63, 3.8) is 0 Å². The van der Waals surface area contributed by atoms with Crippen LogP contribution in [0.2, 0.25) is 5.02 Å². The summed E-state index contributed by atoms with van der Waals surface area (Å²) >= 11 is 7.25. The Labute approximate surface area is 83.6 Å². The molecule has 2 rings (SSSR count). The van der Waals surface area contributed by atoms with Crippen LogP contribution in [-0.2, 0) is 0 Å². The Bertz CT molecular complexity index is 414. The first-order valence-electron chi connectivity index (χ1n) is 3.45. The fourth-order valence-corrected chi connectivity index (χ4v) is 1.63. The molecule has 0 amide bonds. The molecule has 4 nitrogen and oxygen atoms in total. The Morgan fingerprint density at radius 3 is 2.92 bits per heavy atom. The molecule has 0 radical (unpaired) electrons. The van der Waals surface area contributed by atoms with Crippen LogP contribution in [0.15, 0.2) is 17.9 Å². The number of rotatable bonds is 1. The molecule has 0 saturated heterocycles. The Morgan fingerprint density at radius 2 is 2.23 bits per heavy atom. The largest absolute Gasteiger partial charge is 0.382 e. The van der Waals surface area contributed by atoms with Gasteiger partial charge in [0.15, 0.2) is 0 Å². The molecule has 2 aromatic rings. The molecule has 0 atom stereocenters. The summed E-state index contributed by atoms with van der Waals surface area (Å²) in [4.78, 5) is 7.79. The highest BCUT2D eigenvalue weighted by Gasteiger charge is 2.08. The number of nitrogens with zero attached hydrogens (tertiary/aromatic N) is 3. The fraction of sp³-hybridized carbons (Fsp3) is 0. The highest BCUT2D eigenvalue weighted by molar-refractivity contribution is 7.03. The molecule has 2 N–H and O–H groups in total. The van der Waals surface area contributed by atoms with Gasteiger partial charge in [0.05, 0.1) is 11.9 Å². The van der Waals surface area contributed by atoms with E-state index in [1.807, 2.05) is 5.38 Å². The standard InChI is InChI=1S/C7H5ClN4S/c8-5-6(4-1-12-13-2-4)10-3-11-7(5)9/h1-3H,(H2,9,10,11). The van der Waals surface area contributed by atoms with E-state index in [1.54, 1.807) is 6.20 Å². The van der Waals surface area contributed by atoms with Crippen LogP contribution in [0, 0.1) is 0 Å². The van der Waals surface area contributed by atoms with Crippen LogP contribution in [0.25, 0.3) is 11.3 Å². The molecule has 0 fully saturated rings. The Kier molecular flexibility index (Phi) is 2.12. The molecule has 66 valence electrons. The second-order valence-corrected chi connectivity index (χ2v) is 3.37. The van der Waals surface area contributed by atoms with Gasteiger partial charge < -0.3 is 5.73 Å². The molecule has 13 heavy (non-hydrogen) atoms. The molecule has 0 aliphatic rings. The molecule has 0 unspecified atom stereocenters. The maximum atomic E-state index is 5.91. The summed E-state index contributed by atoms with van der Waals surface area (Å²) in [5, 5.41) is 2.23. The number of hydrogen-bond donors (Lipinski definition) is 1. The zero-order valence-corrected chi connectivity index (χ0v) is 8.01. The number of nitrogens with two attached hydrogens (primary N) is 1. The van der Waals surface area contributed by atoms with Gasteiger partial charge in [-0.25, -0.2) is 14.3 Å². The number of nitrogen functional groups attached to an aromatic ring is 1.